The van der Waals surface area contributed by atoms with Gasteiger partial charge in [-0.3, -0.25) is 24.4 Å². The topological polar surface area (TPSA) is 90.4 Å². The van der Waals surface area contributed by atoms with E-state index in [1.165, 1.54) is 5.56 Å². The molecule has 0 spiro atoms. The number of hydrogen-bond donors (Lipinski definition) is 2. The Labute approximate surface area is 186 Å². The predicted molar refractivity (Wildman–Crippen MR) is 125 cm³/mol. The van der Waals surface area contributed by atoms with Crippen LogP contribution in [0.1, 0.15) is 12.0 Å². The van der Waals surface area contributed by atoms with E-state index in [-0.39, 0.29) is 23.6 Å². The first-order valence-corrected chi connectivity index (χ1v) is 11.1. The molecule has 1 aromatic heterocycles. The number of amides is 1. The summed E-state index contributed by atoms with van der Waals surface area (Å²) < 4.78 is 1.08. The zero-order valence-electron chi connectivity index (χ0n) is 18.1. The molecule has 3 aromatic rings. The van der Waals surface area contributed by atoms with Crippen LogP contribution in [0.2, 0.25) is 0 Å². The highest BCUT2D eigenvalue weighted by atomic mass is 16.2. The maximum Gasteiger partial charge on any atom is 0.273 e. The molecular formula is C24H29N5O3. The Hall–Kier alpha value is -3.23. The van der Waals surface area contributed by atoms with Crippen LogP contribution in [0.15, 0.2) is 64.2 Å². The third-order valence-corrected chi connectivity index (χ3v) is 5.87. The van der Waals surface area contributed by atoms with Crippen molar-refractivity contribution in [2.24, 2.45) is 0 Å². The number of aromatic amines is 1. The molecular weight excluding hydrogens is 406 g/mol. The number of piperazine rings is 1. The second kappa shape index (κ2) is 10.4. The van der Waals surface area contributed by atoms with Gasteiger partial charge in [0, 0.05) is 39.3 Å². The molecule has 0 bridgehead atoms. The van der Waals surface area contributed by atoms with Crippen molar-refractivity contribution in [3.63, 3.8) is 0 Å². The summed E-state index contributed by atoms with van der Waals surface area (Å²) in [6, 6.07) is 17.1. The summed E-state index contributed by atoms with van der Waals surface area (Å²) in [5.41, 5.74) is 0.596. The molecule has 1 fully saturated rings. The average Bonchev–Trinajstić information content (AvgIpc) is 2.82. The van der Waals surface area contributed by atoms with Crippen molar-refractivity contribution in [1.29, 1.82) is 0 Å². The minimum absolute atomic E-state index is 0.197. The first-order chi connectivity index (χ1) is 15.6. The SMILES string of the molecule is O=C(Cn1[nH]c(=O)c2ccccc2c1=O)NCCCN1CCN(Cc2ccccc2)CC1. The monoisotopic (exact) mass is 435 g/mol. The number of benzene rings is 2. The Morgan fingerprint density at radius 3 is 2.28 bits per heavy atom. The van der Waals surface area contributed by atoms with Crippen molar-refractivity contribution in [3.8, 4) is 0 Å². The minimum Gasteiger partial charge on any atom is -0.354 e. The molecule has 0 unspecified atom stereocenters. The van der Waals surface area contributed by atoms with Gasteiger partial charge in [-0.2, -0.15) is 0 Å². The number of nitrogens with one attached hydrogen (secondary N) is 2. The summed E-state index contributed by atoms with van der Waals surface area (Å²) in [4.78, 5) is 41.8. The van der Waals surface area contributed by atoms with Gasteiger partial charge in [-0.15, -0.1) is 0 Å². The predicted octanol–water partition coefficient (Wildman–Crippen LogP) is 1.01. The van der Waals surface area contributed by atoms with Crippen LogP contribution in [0.4, 0.5) is 0 Å². The lowest BCUT2D eigenvalue weighted by atomic mass is 10.2. The first kappa shape index (κ1) is 22.0. The molecule has 4 rings (SSSR count). The summed E-state index contributed by atoms with van der Waals surface area (Å²) in [6.07, 6.45) is 0.841. The number of carbonyl (C=O) groups excluding carboxylic acids is 1. The fraction of sp³-hybridized carbons (Fsp3) is 0.375. The fourth-order valence-electron chi connectivity index (χ4n) is 4.10. The second-order valence-corrected chi connectivity index (χ2v) is 8.18. The van der Waals surface area contributed by atoms with Gasteiger partial charge >= 0.3 is 0 Å². The van der Waals surface area contributed by atoms with Crippen LogP contribution >= 0.6 is 0 Å². The Morgan fingerprint density at radius 1 is 0.875 bits per heavy atom. The summed E-state index contributed by atoms with van der Waals surface area (Å²) in [6.45, 7) is 6.38. The highest BCUT2D eigenvalue weighted by Crippen LogP contribution is 2.08. The molecule has 0 atom stereocenters. The third kappa shape index (κ3) is 5.52. The van der Waals surface area contributed by atoms with E-state index in [9.17, 15) is 14.4 Å². The zero-order chi connectivity index (χ0) is 22.3. The highest BCUT2D eigenvalue weighted by Gasteiger charge is 2.16. The van der Waals surface area contributed by atoms with Crippen LogP contribution in [-0.2, 0) is 17.9 Å². The number of fused-ring (bicyclic) bond motifs is 1. The maximum absolute atomic E-state index is 12.5. The van der Waals surface area contributed by atoms with Crippen molar-refractivity contribution < 1.29 is 4.79 Å². The minimum atomic E-state index is -0.376. The lowest BCUT2D eigenvalue weighted by Crippen LogP contribution is -2.46. The largest absolute Gasteiger partial charge is 0.354 e. The van der Waals surface area contributed by atoms with Crippen molar-refractivity contribution in [1.82, 2.24) is 24.9 Å². The Balaban J connectivity index is 1.18. The van der Waals surface area contributed by atoms with E-state index in [0.717, 1.165) is 50.4 Å². The van der Waals surface area contributed by atoms with E-state index in [1.807, 2.05) is 6.07 Å². The molecule has 1 saturated heterocycles. The Kier molecular flexibility index (Phi) is 7.14. The summed E-state index contributed by atoms with van der Waals surface area (Å²) >= 11 is 0. The molecule has 0 radical (unpaired) electrons. The van der Waals surface area contributed by atoms with Gasteiger partial charge in [0.1, 0.15) is 6.54 Å². The van der Waals surface area contributed by atoms with Gasteiger partial charge in [0.25, 0.3) is 11.1 Å². The quantitative estimate of drug-likeness (QED) is 0.516. The zero-order valence-corrected chi connectivity index (χ0v) is 18.1. The smallest absolute Gasteiger partial charge is 0.273 e. The number of hydrogen-bond acceptors (Lipinski definition) is 5. The molecule has 2 aromatic carbocycles. The average molecular weight is 436 g/mol. The van der Waals surface area contributed by atoms with E-state index in [2.05, 4.69) is 44.5 Å². The molecule has 0 aliphatic carbocycles. The molecule has 0 saturated carbocycles. The van der Waals surface area contributed by atoms with Crippen molar-refractivity contribution in [2.45, 2.75) is 19.5 Å². The molecule has 2 heterocycles. The Morgan fingerprint density at radius 2 is 1.53 bits per heavy atom. The van der Waals surface area contributed by atoms with Gasteiger partial charge in [-0.1, -0.05) is 42.5 Å². The molecule has 8 heteroatoms. The van der Waals surface area contributed by atoms with E-state index in [1.54, 1.807) is 24.3 Å². The van der Waals surface area contributed by atoms with Gasteiger partial charge in [0.05, 0.1) is 10.8 Å². The maximum atomic E-state index is 12.5. The second-order valence-electron chi connectivity index (χ2n) is 8.18. The van der Waals surface area contributed by atoms with Gasteiger partial charge in [-0.05, 0) is 30.7 Å². The molecule has 1 aliphatic heterocycles. The van der Waals surface area contributed by atoms with Crippen molar-refractivity contribution in [2.75, 3.05) is 39.3 Å². The molecule has 1 aliphatic rings. The highest BCUT2D eigenvalue weighted by molar-refractivity contribution is 5.81. The standard InChI is InChI=1S/C24H29N5O3/c30-22(18-29-24(32)21-10-5-4-9-20(21)23(31)26-29)25-11-6-12-27-13-15-28(16-14-27)17-19-7-2-1-3-8-19/h1-5,7-10H,6,11-18H2,(H,25,30)(H,26,31). The number of H-pyrrole nitrogens is 1. The van der Waals surface area contributed by atoms with Gasteiger partial charge < -0.3 is 10.2 Å². The van der Waals surface area contributed by atoms with Crippen LogP contribution in [-0.4, -0.2) is 64.8 Å². The van der Waals surface area contributed by atoms with Crippen LogP contribution in [0.25, 0.3) is 10.8 Å². The lowest BCUT2D eigenvalue weighted by Gasteiger charge is -2.34. The van der Waals surface area contributed by atoms with E-state index < -0.39 is 0 Å². The van der Waals surface area contributed by atoms with E-state index >= 15 is 0 Å². The van der Waals surface area contributed by atoms with Gasteiger partial charge in [0.15, 0.2) is 0 Å². The molecule has 8 nitrogen and oxygen atoms in total. The van der Waals surface area contributed by atoms with Crippen LogP contribution in [0, 0.1) is 0 Å². The van der Waals surface area contributed by atoms with Crippen LogP contribution < -0.4 is 16.4 Å². The third-order valence-electron chi connectivity index (χ3n) is 5.87. The van der Waals surface area contributed by atoms with Crippen molar-refractivity contribution >= 4 is 16.7 Å². The number of carbonyl (C=O) groups is 1. The molecule has 168 valence electrons. The van der Waals surface area contributed by atoms with Crippen molar-refractivity contribution in [3.05, 3.63) is 80.9 Å². The summed E-state index contributed by atoms with van der Waals surface area (Å²) in [7, 11) is 0. The molecule has 32 heavy (non-hydrogen) atoms. The number of aromatic nitrogens is 2. The molecule has 2 N–H and O–H groups in total. The normalized spacial score (nSPS) is 15.1. The lowest BCUT2D eigenvalue weighted by molar-refractivity contribution is -0.121. The molecule has 1 amide bonds. The van der Waals surface area contributed by atoms with E-state index in [0.29, 0.717) is 17.3 Å². The summed E-state index contributed by atoms with van der Waals surface area (Å²) in [5.74, 6) is -0.286. The van der Waals surface area contributed by atoms with Gasteiger partial charge in [-0.25, -0.2) is 4.68 Å². The van der Waals surface area contributed by atoms with Crippen LogP contribution in [0.3, 0.4) is 0 Å². The fourth-order valence-corrected chi connectivity index (χ4v) is 4.10. The number of nitrogens with zero attached hydrogens (tertiary/aromatic N) is 3. The first-order valence-electron chi connectivity index (χ1n) is 11.1. The van der Waals surface area contributed by atoms with Crippen LogP contribution in [0.5, 0.6) is 0 Å². The summed E-state index contributed by atoms with van der Waals surface area (Å²) in [5, 5.41) is 5.98. The number of rotatable bonds is 8. The van der Waals surface area contributed by atoms with Gasteiger partial charge in [0.2, 0.25) is 5.91 Å². The Bertz CT molecular complexity index is 1160. The van der Waals surface area contributed by atoms with E-state index in [4.69, 9.17) is 0 Å².